The highest BCUT2D eigenvalue weighted by atomic mass is 32.2. The van der Waals surface area contributed by atoms with Gasteiger partial charge in [0.2, 0.25) is 0 Å². The molecule has 0 saturated heterocycles. The van der Waals surface area contributed by atoms with Crippen LogP contribution in [0.2, 0.25) is 0 Å². The highest BCUT2D eigenvalue weighted by Crippen LogP contribution is 2.13. The van der Waals surface area contributed by atoms with Gasteiger partial charge in [-0.15, -0.1) is 0 Å². The SMILES string of the molecule is CC(C)S(=O)(=O)CCSc1nc(N)cc(=O)[nH]1. The molecule has 8 heteroatoms. The second kappa shape index (κ2) is 5.54. The molecule has 0 unspecified atom stereocenters. The van der Waals surface area contributed by atoms with Gasteiger partial charge in [-0.3, -0.25) is 4.79 Å². The molecule has 0 saturated carbocycles. The van der Waals surface area contributed by atoms with Crippen LogP contribution in [0, 0.1) is 0 Å². The van der Waals surface area contributed by atoms with Gasteiger partial charge in [-0.1, -0.05) is 11.8 Å². The van der Waals surface area contributed by atoms with Crippen molar-refractivity contribution in [1.82, 2.24) is 9.97 Å². The first-order valence-electron chi connectivity index (χ1n) is 5.02. The number of rotatable bonds is 5. The van der Waals surface area contributed by atoms with E-state index in [-0.39, 0.29) is 17.1 Å². The van der Waals surface area contributed by atoms with Crippen LogP contribution in [0.25, 0.3) is 0 Å². The van der Waals surface area contributed by atoms with Crippen LogP contribution in [0.3, 0.4) is 0 Å². The van der Waals surface area contributed by atoms with E-state index in [1.54, 1.807) is 13.8 Å². The number of aromatic nitrogens is 2. The molecule has 0 aliphatic heterocycles. The van der Waals surface area contributed by atoms with Gasteiger partial charge in [-0.25, -0.2) is 13.4 Å². The average molecular weight is 277 g/mol. The predicted octanol–water partition coefficient (Wildman–Crippen LogP) is 0.267. The fourth-order valence-electron chi connectivity index (χ4n) is 1.01. The molecule has 0 radical (unpaired) electrons. The third-order valence-electron chi connectivity index (χ3n) is 2.06. The largest absolute Gasteiger partial charge is 0.383 e. The topological polar surface area (TPSA) is 106 Å². The highest BCUT2D eigenvalue weighted by molar-refractivity contribution is 8.00. The zero-order chi connectivity index (χ0) is 13.1. The summed E-state index contributed by atoms with van der Waals surface area (Å²) in [5, 5.41) is -0.0510. The standard InChI is InChI=1S/C9H15N3O3S2/c1-6(2)17(14,15)4-3-16-9-11-7(10)5-8(13)12-9/h5-6H,3-4H2,1-2H3,(H3,10,11,12,13). The van der Waals surface area contributed by atoms with Gasteiger partial charge < -0.3 is 10.7 Å². The lowest BCUT2D eigenvalue weighted by Crippen LogP contribution is -2.19. The van der Waals surface area contributed by atoms with E-state index in [1.807, 2.05) is 0 Å². The van der Waals surface area contributed by atoms with Crippen molar-refractivity contribution in [3.05, 3.63) is 16.4 Å². The number of aromatic amines is 1. The predicted molar refractivity (Wildman–Crippen MR) is 68.9 cm³/mol. The zero-order valence-corrected chi connectivity index (χ0v) is 11.3. The molecule has 0 fully saturated rings. The van der Waals surface area contributed by atoms with Crippen molar-refractivity contribution in [2.45, 2.75) is 24.3 Å². The summed E-state index contributed by atoms with van der Waals surface area (Å²) in [5.41, 5.74) is 5.06. The molecule has 17 heavy (non-hydrogen) atoms. The summed E-state index contributed by atoms with van der Waals surface area (Å²) in [6.07, 6.45) is 0. The van der Waals surface area contributed by atoms with E-state index in [4.69, 9.17) is 5.73 Å². The summed E-state index contributed by atoms with van der Waals surface area (Å²) in [4.78, 5) is 17.4. The molecule has 0 amide bonds. The first kappa shape index (κ1) is 14.0. The van der Waals surface area contributed by atoms with Crippen LogP contribution in [0.4, 0.5) is 5.82 Å². The fourth-order valence-corrected chi connectivity index (χ4v) is 3.28. The Kier molecular flexibility index (Phi) is 4.58. The zero-order valence-electron chi connectivity index (χ0n) is 9.63. The molecule has 0 aliphatic carbocycles. The monoisotopic (exact) mass is 277 g/mol. The number of anilines is 1. The Labute approximate surface area is 104 Å². The molecule has 1 heterocycles. The van der Waals surface area contributed by atoms with Crippen LogP contribution in [-0.4, -0.2) is 35.1 Å². The van der Waals surface area contributed by atoms with Gasteiger partial charge >= 0.3 is 0 Å². The molecule has 0 aliphatic rings. The van der Waals surface area contributed by atoms with Crippen LogP contribution < -0.4 is 11.3 Å². The minimum atomic E-state index is -3.06. The molecule has 1 rings (SSSR count). The third kappa shape index (κ3) is 4.39. The number of nitrogens with two attached hydrogens (primary N) is 1. The Morgan fingerprint density at radius 2 is 2.18 bits per heavy atom. The molecule has 1 aromatic rings. The Bertz CT molecular complexity index is 537. The number of hydrogen-bond donors (Lipinski definition) is 2. The van der Waals surface area contributed by atoms with Crippen LogP contribution in [0.5, 0.6) is 0 Å². The maximum Gasteiger partial charge on any atom is 0.253 e. The highest BCUT2D eigenvalue weighted by Gasteiger charge is 2.15. The van der Waals surface area contributed by atoms with Gasteiger partial charge in [0.25, 0.3) is 5.56 Å². The molecule has 3 N–H and O–H groups in total. The maximum absolute atomic E-state index is 11.5. The molecule has 1 aromatic heterocycles. The summed E-state index contributed by atoms with van der Waals surface area (Å²) in [6, 6.07) is 1.18. The number of sulfone groups is 1. The molecule has 6 nitrogen and oxygen atoms in total. The quantitative estimate of drug-likeness (QED) is 0.591. The van der Waals surface area contributed by atoms with E-state index in [1.165, 1.54) is 17.8 Å². The second-order valence-electron chi connectivity index (χ2n) is 3.74. The summed E-state index contributed by atoms with van der Waals surface area (Å²) in [7, 11) is -3.06. The van der Waals surface area contributed by atoms with Gasteiger partial charge in [-0.05, 0) is 13.8 Å². The van der Waals surface area contributed by atoms with Crippen LogP contribution in [-0.2, 0) is 9.84 Å². The van der Waals surface area contributed by atoms with E-state index in [9.17, 15) is 13.2 Å². The summed E-state index contributed by atoms with van der Waals surface area (Å²) >= 11 is 1.17. The van der Waals surface area contributed by atoms with Crippen molar-refractivity contribution < 1.29 is 8.42 Å². The number of nitrogens with zero attached hydrogens (tertiary/aromatic N) is 1. The third-order valence-corrected chi connectivity index (χ3v) is 5.41. The Balaban J connectivity index is 2.60. The van der Waals surface area contributed by atoms with Crippen molar-refractivity contribution in [3.8, 4) is 0 Å². The van der Waals surface area contributed by atoms with Crippen molar-refractivity contribution in [2.24, 2.45) is 0 Å². The molecular weight excluding hydrogens is 262 g/mol. The number of H-pyrrole nitrogens is 1. The van der Waals surface area contributed by atoms with Crippen molar-refractivity contribution in [3.63, 3.8) is 0 Å². The fraction of sp³-hybridized carbons (Fsp3) is 0.556. The van der Waals surface area contributed by atoms with Crippen LogP contribution in [0.15, 0.2) is 16.0 Å². The number of thioether (sulfide) groups is 1. The first-order chi connectivity index (χ1) is 7.81. The summed E-state index contributed by atoms with van der Waals surface area (Å²) < 4.78 is 23.0. The number of nitrogens with one attached hydrogen (secondary N) is 1. The average Bonchev–Trinajstić information content (AvgIpc) is 2.15. The van der Waals surface area contributed by atoms with Crippen molar-refractivity contribution in [1.29, 1.82) is 0 Å². The van der Waals surface area contributed by atoms with E-state index >= 15 is 0 Å². The summed E-state index contributed by atoms with van der Waals surface area (Å²) in [5.74, 6) is 0.517. The molecule has 96 valence electrons. The van der Waals surface area contributed by atoms with Crippen LogP contribution >= 0.6 is 11.8 Å². The van der Waals surface area contributed by atoms with Gasteiger partial charge in [-0.2, -0.15) is 0 Å². The van der Waals surface area contributed by atoms with E-state index in [0.29, 0.717) is 10.9 Å². The van der Waals surface area contributed by atoms with Crippen LogP contribution in [0.1, 0.15) is 13.8 Å². The minimum absolute atomic E-state index is 0.0494. The van der Waals surface area contributed by atoms with Gasteiger partial charge in [0, 0.05) is 11.8 Å². The van der Waals surface area contributed by atoms with Gasteiger partial charge in [0.15, 0.2) is 15.0 Å². The first-order valence-corrected chi connectivity index (χ1v) is 7.72. The Morgan fingerprint density at radius 1 is 1.53 bits per heavy atom. The lowest BCUT2D eigenvalue weighted by molar-refractivity contribution is 0.589. The molecule has 0 atom stereocenters. The number of nitrogen functional groups attached to an aromatic ring is 1. The normalized spacial score (nSPS) is 11.9. The Hall–Kier alpha value is -1.02. The summed E-state index contributed by atoms with van der Waals surface area (Å²) in [6.45, 7) is 3.28. The van der Waals surface area contributed by atoms with Crippen molar-refractivity contribution >= 4 is 27.4 Å². The van der Waals surface area contributed by atoms with E-state index < -0.39 is 15.1 Å². The Morgan fingerprint density at radius 3 is 2.71 bits per heavy atom. The van der Waals surface area contributed by atoms with Gasteiger partial charge in [0.05, 0.1) is 11.0 Å². The van der Waals surface area contributed by atoms with E-state index in [0.717, 1.165) is 0 Å². The maximum atomic E-state index is 11.5. The lowest BCUT2D eigenvalue weighted by atomic mass is 10.6. The molecule has 0 aromatic carbocycles. The lowest BCUT2D eigenvalue weighted by Gasteiger charge is -2.06. The molecule has 0 bridgehead atoms. The minimum Gasteiger partial charge on any atom is -0.383 e. The molecular formula is C9H15N3O3S2. The van der Waals surface area contributed by atoms with E-state index in [2.05, 4.69) is 9.97 Å². The second-order valence-corrected chi connectivity index (χ2v) is 7.50. The van der Waals surface area contributed by atoms with Gasteiger partial charge in [0.1, 0.15) is 5.82 Å². The number of hydrogen-bond acceptors (Lipinski definition) is 6. The van der Waals surface area contributed by atoms with Crippen molar-refractivity contribution in [2.75, 3.05) is 17.2 Å². The smallest absolute Gasteiger partial charge is 0.253 e. The molecule has 0 spiro atoms.